The average Bonchev–Trinajstić information content (AvgIpc) is 2.89. The number of aromatic nitrogens is 3. The van der Waals surface area contributed by atoms with Crippen LogP contribution < -0.4 is 5.14 Å². The fourth-order valence-corrected chi connectivity index (χ4v) is 3.55. The number of nitrogens with two attached hydrogens (primary N) is 1. The van der Waals surface area contributed by atoms with E-state index >= 15 is 0 Å². The lowest BCUT2D eigenvalue weighted by molar-refractivity contribution is 0.401. The van der Waals surface area contributed by atoms with Crippen LogP contribution in [0.25, 0.3) is 17.1 Å². The lowest BCUT2D eigenvalue weighted by atomic mass is 9.95. The smallest absolute Gasteiger partial charge is 0.277 e. The zero-order valence-electron chi connectivity index (χ0n) is 12.7. The molecule has 0 unspecified atom stereocenters. The maximum atomic E-state index is 13.0. The summed E-state index contributed by atoms with van der Waals surface area (Å²) in [5.74, 6) is -0.160. The molecular weight excluding hydrogens is 357 g/mol. The van der Waals surface area contributed by atoms with Gasteiger partial charge in [0.25, 0.3) is 10.2 Å². The van der Waals surface area contributed by atoms with Crippen molar-refractivity contribution in [2.24, 2.45) is 11.1 Å². The molecule has 24 heavy (non-hydrogen) atoms. The van der Waals surface area contributed by atoms with E-state index in [2.05, 4.69) is 15.0 Å². The highest BCUT2D eigenvalue weighted by Crippen LogP contribution is 2.32. The second-order valence-electron chi connectivity index (χ2n) is 5.53. The van der Waals surface area contributed by atoms with E-state index in [4.69, 9.17) is 16.7 Å². The van der Waals surface area contributed by atoms with Crippen molar-refractivity contribution in [3.05, 3.63) is 41.1 Å². The van der Waals surface area contributed by atoms with Gasteiger partial charge >= 0.3 is 0 Å². The van der Waals surface area contributed by atoms with E-state index in [1.54, 1.807) is 6.08 Å². The number of hydrogen-bond donors (Lipinski definition) is 2. The van der Waals surface area contributed by atoms with Crippen molar-refractivity contribution in [3.8, 4) is 11.5 Å². The van der Waals surface area contributed by atoms with Gasteiger partial charge in [-0.25, -0.2) is 19.5 Å². The summed E-state index contributed by atoms with van der Waals surface area (Å²) in [5.41, 5.74) is 1.81. The molecule has 0 saturated carbocycles. The van der Waals surface area contributed by atoms with Crippen LogP contribution in [0.15, 0.2) is 24.4 Å². The summed E-state index contributed by atoms with van der Waals surface area (Å²) in [4.78, 5) is 11.3. The summed E-state index contributed by atoms with van der Waals surface area (Å²) in [5, 5.41) is 5.48. The molecule has 1 aliphatic heterocycles. The third kappa shape index (κ3) is 3.34. The molecular formula is C14H15ClFN5O2S. The van der Waals surface area contributed by atoms with Gasteiger partial charge in [-0.2, -0.15) is 12.7 Å². The second kappa shape index (κ2) is 6.25. The van der Waals surface area contributed by atoms with E-state index in [0.29, 0.717) is 22.4 Å². The van der Waals surface area contributed by atoms with E-state index in [-0.39, 0.29) is 19.0 Å². The van der Waals surface area contributed by atoms with Crippen molar-refractivity contribution in [1.29, 1.82) is 0 Å². The topological polar surface area (TPSA) is 105 Å². The van der Waals surface area contributed by atoms with Gasteiger partial charge in [0.1, 0.15) is 22.4 Å². The van der Waals surface area contributed by atoms with E-state index in [9.17, 15) is 12.8 Å². The third-order valence-electron chi connectivity index (χ3n) is 3.79. The summed E-state index contributed by atoms with van der Waals surface area (Å²) in [6.07, 6.45) is 2.83. The number of nitrogens with one attached hydrogen (secondary N) is 1. The minimum absolute atomic E-state index is 0.132. The molecule has 10 heteroatoms. The molecule has 0 saturated heterocycles. The van der Waals surface area contributed by atoms with Gasteiger partial charge in [-0.05, 0) is 23.6 Å². The predicted molar refractivity (Wildman–Crippen MR) is 88.6 cm³/mol. The molecule has 3 rings (SSSR count). The molecule has 0 spiro atoms. The molecule has 0 aromatic carbocycles. The van der Waals surface area contributed by atoms with Crippen LogP contribution in [0.4, 0.5) is 4.39 Å². The Balaban J connectivity index is 1.93. The van der Waals surface area contributed by atoms with Crippen LogP contribution in [0.2, 0.25) is 5.15 Å². The summed E-state index contributed by atoms with van der Waals surface area (Å²) < 4.78 is 37.0. The Morgan fingerprint density at radius 1 is 1.46 bits per heavy atom. The molecule has 7 nitrogen and oxygen atoms in total. The first-order valence-corrected chi connectivity index (χ1v) is 8.99. The molecule has 0 fully saturated rings. The first-order valence-electron chi connectivity index (χ1n) is 7.11. The number of H-pyrrole nitrogens is 1. The highest BCUT2D eigenvalue weighted by Gasteiger charge is 2.28. The SMILES string of the molecule is C[C@@H]1CN(S(N)(=O)=O)CC=C1c1nc(-c2ccc(F)cn2)[nH]c1Cl. The van der Waals surface area contributed by atoms with Crippen LogP contribution in [-0.2, 0) is 10.2 Å². The van der Waals surface area contributed by atoms with Crippen molar-refractivity contribution in [3.63, 3.8) is 0 Å². The van der Waals surface area contributed by atoms with Gasteiger partial charge in [0.2, 0.25) is 0 Å². The third-order valence-corrected chi connectivity index (χ3v) is 5.08. The summed E-state index contributed by atoms with van der Waals surface area (Å²) >= 11 is 6.23. The largest absolute Gasteiger partial charge is 0.327 e. The molecule has 3 heterocycles. The van der Waals surface area contributed by atoms with Gasteiger partial charge in [-0.15, -0.1) is 0 Å². The number of rotatable bonds is 3. The van der Waals surface area contributed by atoms with Crippen molar-refractivity contribution < 1.29 is 12.8 Å². The first-order chi connectivity index (χ1) is 11.3. The minimum Gasteiger partial charge on any atom is -0.327 e. The molecule has 1 atom stereocenters. The Kier molecular flexibility index (Phi) is 4.43. The average molecular weight is 372 g/mol. The van der Waals surface area contributed by atoms with Gasteiger partial charge in [0, 0.05) is 13.1 Å². The molecule has 2 aromatic heterocycles. The van der Waals surface area contributed by atoms with E-state index in [0.717, 1.165) is 11.8 Å². The van der Waals surface area contributed by atoms with Crippen molar-refractivity contribution in [2.45, 2.75) is 6.92 Å². The van der Waals surface area contributed by atoms with E-state index < -0.39 is 16.0 Å². The van der Waals surface area contributed by atoms with Crippen LogP contribution in [-0.4, -0.2) is 40.8 Å². The zero-order chi connectivity index (χ0) is 17.5. The molecule has 128 valence electrons. The molecule has 1 aliphatic rings. The number of imidazole rings is 1. The van der Waals surface area contributed by atoms with E-state index in [1.807, 2.05) is 6.92 Å². The van der Waals surface area contributed by atoms with Crippen LogP contribution in [0.1, 0.15) is 12.6 Å². The second-order valence-corrected chi connectivity index (χ2v) is 7.46. The van der Waals surface area contributed by atoms with Crippen molar-refractivity contribution in [1.82, 2.24) is 19.3 Å². The lowest BCUT2D eigenvalue weighted by Gasteiger charge is -2.28. The Hall–Kier alpha value is -1.81. The standard InChI is InChI=1S/C14H15ClFN5O2S/c1-8-7-21(24(17,22)23)5-4-10(8)12-13(15)20-14(19-12)11-3-2-9(16)6-18-11/h2-4,6,8H,5,7H2,1H3,(H,19,20)(H2,17,22,23)/t8-/m1/s1. The summed E-state index contributed by atoms with van der Waals surface area (Å²) in [6.45, 7) is 2.27. The Morgan fingerprint density at radius 2 is 2.21 bits per heavy atom. The normalized spacial score (nSPS) is 19.3. The number of pyridine rings is 1. The molecule has 0 radical (unpaired) electrons. The molecule has 0 amide bonds. The fraction of sp³-hybridized carbons (Fsp3) is 0.286. The number of hydrogen-bond acceptors (Lipinski definition) is 4. The molecule has 0 aliphatic carbocycles. The molecule has 2 aromatic rings. The van der Waals surface area contributed by atoms with Crippen LogP contribution in [0, 0.1) is 11.7 Å². The highest BCUT2D eigenvalue weighted by molar-refractivity contribution is 7.86. The van der Waals surface area contributed by atoms with Crippen LogP contribution in [0.3, 0.4) is 0 Å². The maximum Gasteiger partial charge on any atom is 0.277 e. The van der Waals surface area contributed by atoms with Gasteiger partial charge in [-0.3, -0.25) is 0 Å². The lowest BCUT2D eigenvalue weighted by Crippen LogP contribution is -2.42. The van der Waals surface area contributed by atoms with Crippen molar-refractivity contribution >= 4 is 27.4 Å². The quantitative estimate of drug-likeness (QED) is 0.858. The Morgan fingerprint density at radius 3 is 2.79 bits per heavy atom. The van der Waals surface area contributed by atoms with Gasteiger partial charge < -0.3 is 4.98 Å². The zero-order valence-corrected chi connectivity index (χ0v) is 14.3. The van der Waals surface area contributed by atoms with Crippen molar-refractivity contribution in [2.75, 3.05) is 13.1 Å². The highest BCUT2D eigenvalue weighted by atomic mass is 35.5. The Labute approximate surface area is 143 Å². The Bertz CT molecular complexity index is 894. The molecule has 0 bridgehead atoms. The molecule has 3 N–H and O–H groups in total. The summed E-state index contributed by atoms with van der Waals surface area (Å²) in [6, 6.07) is 2.78. The predicted octanol–water partition coefficient (Wildman–Crippen LogP) is 1.80. The number of nitrogens with zero attached hydrogens (tertiary/aromatic N) is 3. The fourth-order valence-electron chi connectivity index (χ4n) is 2.60. The maximum absolute atomic E-state index is 13.0. The van der Waals surface area contributed by atoms with Gasteiger partial charge in [0.15, 0.2) is 5.82 Å². The minimum atomic E-state index is -3.73. The first kappa shape index (κ1) is 17.0. The van der Waals surface area contributed by atoms with Gasteiger partial charge in [0.05, 0.1) is 6.20 Å². The summed E-state index contributed by atoms with van der Waals surface area (Å²) in [7, 11) is -3.73. The monoisotopic (exact) mass is 371 g/mol. The van der Waals surface area contributed by atoms with Crippen LogP contribution >= 0.6 is 11.6 Å². The number of halogens is 2. The van der Waals surface area contributed by atoms with Gasteiger partial charge in [-0.1, -0.05) is 24.6 Å². The van der Waals surface area contributed by atoms with E-state index in [1.165, 1.54) is 16.4 Å². The number of aromatic amines is 1. The van der Waals surface area contributed by atoms with Crippen LogP contribution in [0.5, 0.6) is 0 Å².